The lowest BCUT2D eigenvalue weighted by atomic mass is 10.2. The molecule has 0 atom stereocenters. The molecule has 0 bridgehead atoms. The second kappa shape index (κ2) is 6.61. The third kappa shape index (κ3) is 4.13. The zero-order valence-corrected chi connectivity index (χ0v) is 9.32. The summed E-state index contributed by atoms with van der Waals surface area (Å²) in [5.41, 5.74) is 0.629. The minimum absolute atomic E-state index is 0.00559. The van der Waals surface area contributed by atoms with E-state index in [-0.39, 0.29) is 11.8 Å². The summed E-state index contributed by atoms with van der Waals surface area (Å²) in [6, 6.07) is 8.99. The Labute approximate surface area is 95.0 Å². The largest absolute Gasteiger partial charge is 0.354 e. The Morgan fingerprint density at radius 3 is 2.31 bits per heavy atom. The lowest BCUT2D eigenvalue weighted by Gasteiger charge is -2.06. The molecule has 86 valence electrons. The molecule has 1 aromatic rings. The summed E-state index contributed by atoms with van der Waals surface area (Å²) in [7, 11) is 0. The Morgan fingerprint density at radius 2 is 1.69 bits per heavy atom. The van der Waals surface area contributed by atoms with Crippen LogP contribution in [0.15, 0.2) is 30.3 Å². The van der Waals surface area contributed by atoms with Gasteiger partial charge in [-0.05, 0) is 12.1 Å². The van der Waals surface area contributed by atoms with Crippen LogP contribution in [0, 0.1) is 0 Å². The molecule has 0 saturated heterocycles. The van der Waals surface area contributed by atoms with Crippen molar-refractivity contribution in [1.29, 1.82) is 0 Å². The number of nitrogens with one attached hydrogen (secondary N) is 2. The van der Waals surface area contributed by atoms with Crippen LogP contribution in [0.3, 0.4) is 0 Å². The number of carbonyl (C=O) groups excluding carboxylic acids is 2. The quantitative estimate of drug-likeness (QED) is 0.726. The van der Waals surface area contributed by atoms with E-state index in [1.54, 1.807) is 19.1 Å². The van der Waals surface area contributed by atoms with E-state index in [2.05, 4.69) is 10.6 Å². The number of amides is 2. The maximum Gasteiger partial charge on any atom is 0.251 e. The van der Waals surface area contributed by atoms with Crippen molar-refractivity contribution in [3.05, 3.63) is 35.9 Å². The van der Waals surface area contributed by atoms with E-state index in [0.29, 0.717) is 25.1 Å². The zero-order chi connectivity index (χ0) is 11.8. The molecule has 4 heteroatoms. The van der Waals surface area contributed by atoms with E-state index in [0.717, 1.165) is 0 Å². The van der Waals surface area contributed by atoms with Crippen LogP contribution in [0.25, 0.3) is 0 Å². The number of rotatable bonds is 5. The van der Waals surface area contributed by atoms with Crippen molar-refractivity contribution in [2.75, 3.05) is 13.1 Å². The summed E-state index contributed by atoms with van der Waals surface area (Å²) in [6.45, 7) is 2.70. The molecule has 0 spiro atoms. The molecular formula is C12H16N2O2. The van der Waals surface area contributed by atoms with Crippen LogP contribution in [0.4, 0.5) is 0 Å². The normalized spacial score (nSPS) is 9.56. The number of carbonyl (C=O) groups is 2. The Hall–Kier alpha value is -1.84. The lowest BCUT2D eigenvalue weighted by molar-refractivity contribution is -0.120. The second-order valence-electron chi connectivity index (χ2n) is 3.33. The molecule has 0 heterocycles. The molecule has 0 aliphatic carbocycles. The molecule has 1 aromatic carbocycles. The van der Waals surface area contributed by atoms with Crippen LogP contribution < -0.4 is 10.6 Å². The standard InChI is InChI=1S/C12H16N2O2/c1-2-11(15)13-8-9-14-12(16)10-6-4-3-5-7-10/h3-7H,2,8-9H2,1H3,(H,13,15)(H,14,16). The fraction of sp³-hybridized carbons (Fsp3) is 0.333. The second-order valence-corrected chi connectivity index (χ2v) is 3.33. The van der Waals surface area contributed by atoms with E-state index >= 15 is 0 Å². The first kappa shape index (κ1) is 12.2. The van der Waals surface area contributed by atoms with Crippen LogP contribution >= 0.6 is 0 Å². The Morgan fingerprint density at radius 1 is 1.06 bits per heavy atom. The molecule has 0 aliphatic rings. The van der Waals surface area contributed by atoms with Crippen molar-refractivity contribution in [2.45, 2.75) is 13.3 Å². The summed E-state index contributed by atoms with van der Waals surface area (Å²) < 4.78 is 0. The number of benzene rings is 1. The zero-order valence-electron chi connectivity index (χ0n) is 9.32. The first-order chi connectivity index (χ1) is 7.74. The highest BCUT2D eigenvalue weighted by Crippen LogP contribution is 1.96. The SMILES string of the molecule is CCC(=O)NCCNC(=O)c1ccccc1. The van der Waals surface area contributed by atoms with Gasteiger partial charge in [0.1, 0.15) is 0 Å². The van der Waals surface area contributed by atoms with Crippen LogP contribution in [-0.2, 0) is 4.79 Å². The molecule has 0 unspecified atom stereocenters. The molecular weight excluding hydrogens is 204 g/mol. The van der Waals surface area contributed by atoms with E-state index < -0.39 is 0 Å². The number of hydrogen-bond donors (Lipinski definition) is 2. The molecule has 0 aliphatic heterocycles. The Kier molecular flexibility index (Phi) is 5.05. The molecule has 2 amide bonds. The van der Waals surface area contributed by atoms with Gasteiger partial charge in [0.05, 0.1) is 0 Å². The minimum Gasteiger partial charge on any atom is -0.354 e. The molecule has 0 fully saturated rings. The predicted molar refractivity (Wildman–Crippen MR) is 62.1 cm³/mol. The number of hydrogen-bond acceptors (Lipinski definition) is 2. The third-order valence-corrected chi connectivity index (χ3v) is 2.09. The molecule has 0 aromatic heterocycles. The molecule has 1 rings (SSSR count). The van der Waals surface area contributed by atoms with E-state index in [9.17, 15) is 9.59 Å². The fourth-order valence-corrected chi connectivity index (χ4v) is 1.19. The van der Waals surface area contributed by atoms with Gasteiger partial charge in [-0.1, -0.05) is 25.1 Å². The summed E-state index contributed by atoms with van der Waals surface area (Å²) in [5, 5.41) is 5.41. The monoisotopic (exact) mass is 220 g/mol. The average molecular weight is 220 g/mol. The van der Waals surface area contributed by atoms with Gasteiger partial charge < -0.3 is 10.6 Å². The molecule has 0 radical (unpaired) electrons. The van der Waals surface area contributed by atoms with E-state index in [4.69, 9.17) is 0 Å². The Balaban J connectivity index is 2.24. The van der Waals surface area contributed by atoms with Gasteiger partial charge in [-0.3, -0.25) is 9.59 Å². The van der Waals surface area contributed by atoms with E-state index in [1.807, 2.05) is 18.2 Å². The van der Waals surface area contributed by atoms with Crippen molar-refractivity contribution in [1.82, 2.24) is 10.6 Å². The summed E-state index contributed by atoms with van der Waals surface area (Å²) in [4.78, 5) is 22.4. The van der Waals surface area contributed by atoms with Gasteiger partial charge in [0.15, 0.2) is 0 Å². The third-order valence-electron chi connectivity index (χ3n) is 2.09. The maximum absolute atomic E-state index is 11.5. The van der Waals surface area contributed by atoms with Gasteiger partial charge in [-0.15, -0.1) is 0 Å². The molecule has 4 nitrogen and oxygen atoms in total. The van der Waals surface area contributed by atoms with Crippen LogP contribution in [0.1, 0.15) is 23.7 Å². The van der Waals surface area contributed by atoms with Crippen LogP contribution in [0.2, 0.25) is 0 Å². The molecule has 0 saturated carbocycles. The first-order valence-corrected chi connectivity index (χ1v) is 5.34. The van der Waals surface area contributed by atoms with Gasteiger partial charge in [0, 0.05) is 25.1 Å². The predicted octanol–water partition coefficient (Wildman–Crippen LogP) is 0.943. The highest BCUT2D eigenvalue weighted by molar-refractivity contribution is 5.94. The smallest absolute Gasteiger partial charge is 0.251 e. The fourth-order valence-electron chi connectivity index (χ4n) is 1.19. The van der Waals surface area contributed by atoms with Crippen LogP contribution in [0.5, 0.6) is 0 Å². The van der Waals surface area contributed by atoms with Crippen molar-refractivity contribution < 1.29 is 9.59 Å². The first-order valence-electron chi connectivity index (χ1n) is 5.34. The summed E-state index contributed by atoms with van der Waals surface area (Å²) >= 11 is 0. The highest BCUT2D eigenvalue weighted by atomic mass is 16.2. The maximum atomic E-state index is 11.5. The van der Waals surface area contributed by atoms with Crippen molar-refractivity contribution in [3.63, 3.8) is 0 Å². The highest BCUT2D eigenvalue weighted by Gasteiger charge is 2.02. The van der Waals surface area contributed by atoms with Crippen LogP contribution in [-0.4, -0.2) is 24.9 Å². The van der Waals surface area contributed by atoms with Crippen molar-refractivity contribution in [3.8, 4) is 0 Å². The minimum atomic E-state index is -0.119. The summed E-state index contributed by atoms with van der Waals surface area (Å²) in [5.74, 6) is -0.125. The average Bonchev–Trinajstić information content (AvgIpc) is 2.35. The van der Waals surface area contributed by atoms with Gasteiger partial charge in [-0.25, -0.2) is 0 Å². The van der Waals surface area contributed by atoms with Crippen molar-refractivity contribution >= 4 is 11.8 Å². The van der Waals surface area contributed by atoms with Gasteiger partial charge in [0.25, 0.3) is 5.91 Å². The van der Waals surface area contributed by atoms with Gasteiger partial charge in [-0.2, -0.15) is 0 Å². The summed E-state index contributed by atoms with van der Waals surface area (Å²) in [6.07, 6.45) is 0.465. The lowest BCUT2D eigenvalue weighted by Crippen LogP contribution is -2.34. The molecule has 16 heavy (non-hydrogen) atoms. The molecule has 2 N–H and O–H groups in total. The van der Waals surface area contributed by atoms with Crippen molar-refractivity contribution in [2.24, 2.45) is 0 Å². The Bertz CT molecular complexity index is 349. The van der Waals surface area contributed by atoms with E-state index in [1.165, 1.54) is 0 Å². The topological polar surface area (TPSA) is 58.2 Å². The van der Waals surface area contributed by atoms with Gasteiger partial charge in [0.2, 0.25) is 5.91 Å². The van der Waals surface area contributed by atoms with Gasteiger partial charge >= 0.3 is 0 Å².